The number of halogens is 3. The van der Waals surface area contributed by atoms with E-state index in [0.29, 0.717) is 0 Å². The SMILES string of the molecule is CN1/C(=C/C(=O)COC(=O)c2ccccc2OCC(=O)Nc2cccc(C(F)(F)F)c2)C(C)(C)c2ccccc21. The molecule has 40 heavy (non-hydrogen) atoms. The minimum Gasteiger partial charge on any atom is -0.483 e. The standard InChI is InChI=1S/C30H27F3N2O5/c1-29(2)23-12-5-6-13-24(23)35(3)26(29)16-21(36)17-40-28(38)22-11-4-7-14-25(22)39-18-27(37)34-20-10-8-9-19(15-20)30(31,32)33/h4-16H,17-18H2,1-3H3,(H,34,37)/b26-16+. The third-order valence-electron chi connectivity index (χ3n) is 6.52. The monoisotopic (exact) mass is 552 g/mol. The first-order valence-corrected chi connectivity index (χ1v) is 12.3. The number of amides is 1. The number of allylic oxidation sites excluding steroid dienone is 1. The number of hydrogen-bond acceptors (Lipinski definition) is 6. The molecule has 1 N–H and O–H groups in total. The molecule has 1 amide bonds. The average Bonchev–Trinajstić information content (AvgIpc) is 3.11. The molecule has 0 radical (unpaired) electrons. The van der Waals surface area contributed by atoms with E-state index in [1.165, 1.54) is 30.3 Å². The number of para-hydroxylation sites is 2. The van der Waals surface area contributed by atoms with Gasteiger partial charge in [0, 0.05) is 35.6 Å². The van der Waals surface area contributed by atoms with Gasteiger partial charge in [-0.3, -0.25) is 9.59 Å². The van der Waals surface area contributed by atoms with Crippen molar-refractivity contribution in [2.24, 2.45) is 0 Å². The van der Waals surface area contributed by atoms with Gasteiger partial charge in [0.15, 0.2) is 19.0 Å². The first-order valence-electron chi connectivity index (χ1n) is 12.3. The Hall–Kier alpha value is -4.60. The first-order chi connectivity index (χ1) is 18.9. The Morgan fingerprint density at radius 3 is 2.38 bits per heavy atom. The molecule has 0 unspecified atom stereocenters. The summed E-state index contributed by atoms with van der Waals surface area (Å²) in [6.45, 7) is 2.94. The van der Waals surface area contributed by atoms with Crippen molar-refractivity contribution in [1.29, 1.82) is 0 Å². The van der Waals surface area contributed by atoms with Gasteiger partial charge in [-0.1, -0.05) is 50.2 Å². The number of fused-ring (bicyclic) bond motifs is 1. The van der Waals surface area contributed by atoms with Crippen LogP contribution in [0, 0.1) is 0 Å². The average molecular weight is 553 g/mol. The number of nitrogens with one attached hydrogen (secondary N) is 1. The summed E-state index contributed by atoms with van der Waals surface area (Å²) in [4.78, 5) is 39.7. The molecule has 0 atom stereocenters. The maximum absolute atomic E-state index is 12.9. The third-order valence-corrected chi connectivity index (χ3v) is 6.52. The van der Waals surface area contributed by atoms with Crippen LogP contribution in [0.2, 0.25) is 0 Å². The Bertz CT molecular complexity index is 1480. The lowest BCUT2D eigenvalue weighted by Crippen LogP contribution is -2.25. The third kappa shape index (κ3) is 6.17. The lowest BCUT2D eigenvalue weighted by molar-refractivity contribution is -0.137. The highest BCUT2D eigenvalue weighted by atomic mass is 19.4. The van der Waals surface area contributed by atoms with Crippen LogP contribution in [0.15, 0.2) is 84.6 Å². The zero-order valence-electron chi connectivity index (χ0n) is 22.0. The number of carbonyl (C=O) groups excluding carboxylic acids is 3. The van der Waals surface area contributed by atoms with Gasteiger partial charge in [0.2, 0.25) is 0 Å². The Labute approximate surface area is 229 Å². The number of benzene rings is 3. The van der Waals surface area contributed by atoms with Gasteiger partial charge in [0.25, 0.3) is 5.91 Å². The molecule has 0 saturated carbocycles. The maximum atomic E-state index is 12.9. The predicted molar refractivity (Wildman–Crippen MR) is 143 cm³/mol. The number of anilines is 2. The Morgan fingerprint density at radius 2 is 1.65 bits per heavy atom. The second-order valence-corrected chi connectivity index (χ2v) is 9.68. The van der Waals surface area contributed by atoms with Gasteiger partial charge in [0.1, 0.15) is 11.3 Å². The van der Waals surface area contributed by atoms with Crippen molar-refractivity contribution in [3.63, 3.8) is 0 Å². The zero-order chi connectivity index (χ0) is 29.1. The van der Waals surface area contributed by atoms with Crippen LogP contribution in [0.5, 0.6) is 5.75 Å². The number of esters is 1. The lowest BCUT2D eigenvalue weighted by Gasteiger charge is -2.23. The van der Waals surface area contributed by atoms with Crippen molar-refractivity contribution >= 4 is 29.0 Å². The smallest absolute Gasteiger partial charge is 0.416 e. The molecule has 1 aliphatic rings. The molecule has 10 heteroatoms. The van der Waals surface area contributed by atoms with Crippen molar-refractivity contribution in [3.8, 4) is 5.75 Å². The maximum Gasteiger partial charge on any atom is 0.416 e. The second kappa shape index (κ2) is 11.3. The molecule has 0 spiro atoms. The second-order valence-electron chi connectivity index (χ2n) is 9.68. The van der Waals surface area contributed by atoms with Crippen LogP contribution in [0.3, 0.4) is 0 Å². The number of nitrogens with zero attached hydrogens (tertiary/aromatic N) is 1. The minimum absolute atomic E-state index is 0.0134. The van der Waals surface area contributed by atoms with E-state index in [1.807, 2.05) is 50.1 Å². The topological polar surface area (TPSA) is 84.9 Å². The van der Waals surface area contributed by atoms with Crippen LogP contribution in [-0.2, 0) is 25.9 Å². The summed E-state index contributed by atoms with van der Waals surface area (Å²) in [6.07, 6.45) is -3.09. The largest absolute Gasteiger partial charge is 0.483 e. The van der Waals surface area contributed by atoms with Crippen LogP contribution >= 0.6 is 0 Å². The van der Waals surface area contributed by atoms with Crippen molar-refractivity contribution in [3.05, 3.63) is 101 Å². The normalized spacial score (nSPS) is 14.9. The van der Waals surface area contributed by atoms with E-state index in [-0.39, 0.29) is 17.0 Å². The molecule has 0 saturated heterocycles. The summed E-state index contributed by atoms with van der Waals surface area (Å²) >= 11 is 0. The number of ketones is 1. The summed E-state index contributed by atoms with van der Waals surface area (Å²) in [7, 11) is 1.87. The van der Waals surface area contributed by atoms with Crippen molar-refractivity contribution in [1.82, 2.24) is 0 Å². The van der Waals surface area contributed by atoms with E-state index in [0.717, 1.165) is 29.1 Å². The summed E-state index contributed by atoms with van der Waals surface area (Å²) in [5, 5.41) is 2.33. The fourth-order valence-electron chi connectivity index (χ4n) is 4.54. The van der Waals surface area contributed by atoms with Gasteiger partial charge < -0.3 is 19.7 Å². The minimum atomic E-state index is -4.55. The van der Waals surface area contributed by atoms with Crippen LogP contribution in [0.4, 0.5) is 24.5 Å². The molecule has 3 aromatic carbocycles. The van der Waals surface area contributed by atoms with Gasteiger partial charge >= 0.3 is 12.1 Å². The molecule has 3 aromatic rings. The van der Waals surface area contributed by atoms with E-state index in [4.69, 9.17) is 9.47 Å². The number of ether oxygens (including phenoxy) is 2. The van der Waals surface area contributed by atoms with Crippen molar-refractivity contribution < 1.29 is 37.0 Å². The number of hydrogen-bond donors (Lipinski definition) is 1. The van der Waals surface area contributed by atoms with E-state index in [1.54, 1.807) is 12.1 Å². The molecule has 1 heterocycles. The summed E-state index contributed by atoms with van der Waals surface area (Å²) in [6, 6.07) is 18.0. The number of likely N-dealkylation sites (N-methyl/N-ethyl adjacent to an activating group) is 1. The van der Waals surface area contributed by atoms with Gasteiger partial charge in [0.05, 0.1) is 5.56 Å². The van der Waals surface area contributed by atoms with Gasteiger partial charge in [-0.05, 0) is 42.0 Å². The first kappa shape index (κ1) is 28.4. The highest BCUT2D eigenvalue weighted by Crippen LogP contribution is 2.46. The van der Waals surface area contributed by atoms with E-state index < -0.39 is 48.0 Å². The van der Waals surface area contributed by atoms with Gasteiger partial charge in [-0.15, -0.1) is 0 Å². The predicted octanol–water partition coefficient (Wildman–Crippen LogP) is 5.76. The van der Waals surface area contributed by atoms with Gasteiger partial charge in [-0.2, -0.15) is 13.2 Å². The fraction of sp³-hybridized carbons (Fsp3) is 0.233. The van der Waals surface area contributed by atoms with Crippen LogP contribution in [-0.4, -0.2) is 37.9 Å². The van der Waals surface area contributed by atoms with E-state index in [2.05, 4.69) is 5.32 Å². The molecule has 4 rings (SSSR count). The Morgan fingerprint density at radius 1 is 0.950 bits per heavy atom. The number of carbonyl (C=O) groups is 3. The number of rotatable bonds is 8. The summed E-state index contributed by atoms with van der Waals surface area (Å²) in [5.41, 5.74) is 1.45. The fourth-order valence-corrected chi connectivity index (χ4v) is 4.54. The van der Waals surface area contributed by atoms with Crippen LogP contribution in [0.1, 0.15) is 35.3 Å². The van der Waals surface area contributed by atoms with Crippen LogP contribution in [0.25, 0.3) is 0 Å². The van der Waals surface area contributed by atoms with Crippen molar-refractivity contribution in [2.75, 3.05) is 30.5 Å². The van der Waals surface area contributed by atoms with Gasteiger partial charge in [-0.25, -0.2) is 4.79 Å². The molecule has 1 aliphatic heterocycles. The molecule has 208 valence electrons. The quantitative estimate of drug-likeness (QED) is 0.283. The van der Waals surface area contributed by atoms with E-state index in [9.17, 15) is 27.6 Å². The number of alkyl halides is 3. The molecule has 0 bridgehead atoms. The summed E-state index contributed by atoms with van der Waals surface area (Å²) in [5.74, 6) is -1.95. The molecule has 0 aliphatic carbocycles. The molecular weight excluding hydrogens is 525 g/mol. The lowest BCUT2D eigenvalue weighted by atomic mass is 9.83. The molecule has 0 fully saturated rings. The summed E-state index contributed by atoms with van der Waals surface area (Å²) < 4.78 is 49.4. The molecular formula is C30H27F3N2O5. The molecule has 0 aromatic heterocycles. The molecule has 7 nitrogen and oxygen atoms in total. The highest BCUT2D eigenvalue weighted by Gasteiger charge is 2.38. The Kier molecular flexibility index (Phi) is 7.99. The Balaban J connectivity index is 1.36. The van der Waals surface area contributed by atoms with Crippen LogP contribution < -0.4 is 15.0 Å². The zero-order valence-corrected chi connectivity index (χ0v) is 22.0. The highest BCUT2D eigenvalue weighted by molar-refractivity contribution is 5.98. The van der Waals surface area contributed by atoms with E-state index >= 15 is 0 Å². The van der Waals surface area contributed by atoms with Crippen molar-refractivity contribution in [2.45, 2.75) is 25.4 Å².